The van der Waals surface area contributed by atoms with Crippen LogP contribution in [0.5, 0.6) is 5.88 Å². The molecule has 0 fully saturated rings. The third-order valence-corrected chi connectivity index (χ3v) is 6.70. The molecule has 37 heavy (non-hydrogen) atoms. The van der Waals surface area contributed by atoms with E-state index in [9.17, 15) is 18.0 Å². The average Bonchev–Trinajstić information content (AvgIpc) is 3.45. The summed E-state index contributed by atoms with van der Waals surface area (Å²) in [6.07, 6.45) is 0.354. The second-order valence-corrected chi connectivity index (χ2v) is 9.06. The van der Waals surface area contributed by atoms with Gasteiger partial charge < -0.3 is 18.8 Å². The average molecular weight is 530 g/mol. The van der Waals surface area contributed by atoms with Gasteiger partial charge in [-0.15, -0.1) is 10.2 Å². The standard InChI is InChI=1S/C24H22F3N7O2S/c1-32-19(14-7-5-4-6-8-14)15(18-20(32)28-23(37-3)29-21(18)36-2)9-10-17(35)33-11-12-34-16(13-33)30-31-22(34)24(25,26)27/h4-10H,11-13H2,1-3H3/b10-9+. The Labute approximate surface area is 214 Å². The van der Waals surface area contributed by atoms with Gasteiger partial charge in [0.05, 0.1) is 24.7 Å². The van der Waals surface area contributed by atoms with Crippen LogP contribution in [0.15, 0.2) is 41.6 Å². The van der Waals surface area contributed by atoms with E-state index in [1.54, 1.807) is 6.08 Å². The lowest BCUT2D eigenvalue weighted by molar-refractivity contribution is -0.148. The molecule has 1 aromatic carbocycles. The first kappa shape index (κ1) is 24.8. The Kier molecular flexibility index (Phi) is 6.40. The molecule has 192 valence electrons. The number of carbonyl (C=O) groups excluding carboxylic acids is 1. The van der Waals surface area contributed by atoms with Crippen LogP contribution in [0.1, 0.15) is 17.2 Å². The van der Waals surface area contributed by atoms with Crippen LogP contribution in [0.2, 0.25) is 0 Å². The van der Waals surface area contributed by atoms with E-state index in [0.29, 0.717) is 27.6 Å². The molecule has 1 amide bonds. The molecule has 0 aliphatic carbocycles. The lowest BCUT2D eigenvalue weighted by Gasteiger charge is -2.27. The maximum Gasteiger partial charge on any atom is 0.451 e. The predicted octanol–water partition coefficient (Wildman–Crippen LogP) is 4.03. The summed E-state index contributed by atoms with van der Waals surface area (Å²) in [6.45, 7) is -0.0157. The van der Waals surface area contributed by atoms with Gasteiger partial charge in [-0.2, -0.15) is 18.2 Å². The number of benzene rings is 1. The number of aryl methyl sites for hydroxylation is 1. The van der Waals surface area contributed by atoms with E-state index in [1.807, 2.05) is 48.2 Å². The molecule has 0 atom stereocenters. The highest BCUT2D eigenvalue weighted by Crippen LogP contribution is 2.38. The molecule has 0 saturated heterocycles. The molecule has 1 aliphatic rings. The first-order valence-electron chi connectivity index (χ1n) is 11.2. The molecule has 9 nitrogen and oxygen atoms in total. The molecule has 0 radical (unpaired) electrons. The van der Waals surface area contributed by atoms with Gasteiger partial charge in [-0.3, -0.25) is 4.79 Å². The molecule has 4 heterocycles. The van der Waals surface area contributed by atoms with Crippen molar-refractivity contribution >= 4 is 34.8 Å². The van der Waals surface area contributed by atoms with E-state index in [0.717, 1.165) is 15.8 Å². The second-order valence-electron chi connectivity index (χ2n) is 8.29. The Morgan fingerprint density at radius 2 is 1.89 bits per heavy atom. The number of alkyl halides is 3. The van der Waals surface area contributed by atoms with Crippen LogP contribution in [0.25, 0.3) is 28.4 Å². The van der Waals surface area contributed by atoms with Gasteiger partial charge in [0.2, 0.25) is 17.6 Å². The van der Waals surface area contributed by atoms with Gasteiger partial charge in [0, 0.05) is 31.8 Å². The Balaban J connectivity index is 1.54. The summed E-state index contributed by atoms with van der Waals surface area (Å²) in [7, 11) is 3.41. The Bertz CT molecular complexity index is 1510. The minimum absolute atomic E-state index is 0.0422. The van der Waals surface area contributed by atoms with E-state index >= 15 is 0 Å². The number of nitrogens with zero attached hydrogens (tertiary/aromatic N) is 7. The number of hydrogen-bond donors (Lipinski definition) is 0. The van der Waals surface area contributed by atoms with Crippen molar-refractivity contribution < 1.29 is 22.7 Å². The van der Waals surface area contributed by atoms with Crippen LogP contribution in [-0.4, -0.2) is 60.0 Å². The van der Waals surface area contributed by atoms with E-state index in [2.05, 4.69) is 20.2 Å². The van der Waals surface area contributed by atoms with Crippen molar-refractivity contribution in [2.75, 3.05) is 19.9 Å². The lowest BCUT2D eigenvalue weighted by Crippen LogP contribution is -2.38. The first-order chi connectivity index (χ1) is 17.7. The maximum atomic E-state index is 13.2. The summed E-state index contributed by atoms with van der Waals surface area (Å²) in [5.74, 6) is -0.940. The monoisotopic (exact) mass is 529 g/mol. The molecule has 0 unspecified atom stereocenters. The largest absolute Gasteiger partial charge is 0.480 e. The van der Waals surface area contributed by atoms with Crippen molar-refractivity contribution in [1.29, 1.82) is 0 Å². The van der Waals surface area contributed by atoms with Crippen LogP contribution < -0.4 is 4.74 Å². The number of thioether (sulfide) groups is 1. The molecule has 0 bridgehead atoms. The van der Waals surface area contributed by atoms with Crippen molar-refractivity contribution in [3.05, 3.63) is 53.6 Å². The zero-order valence-corrected chi connectivity index (χ0v) is 21.0. The number of aromatic nitrogens is 6. The predicted molar refractivity (Wildman–Crippen MR) is 132 cm³/mol. The van der Waals surface area contributed by atoms with E-state index in [4.69, 9.17) is 4.74 Å². The normalized spacial score (nSPS) is 13.9. The van der Waals surface area contributed by atoms with Crippen LogP contribution in [0.4, 0.5) is 13.2 Å². The number of carbonyl (C=O) groups is 1. The number of fused-ring (bicyclic) bond motifs is 2. The fourth-order valence-electron chi connectivity index (χ4n) is 4.46. The van der Waals surface area contributed by atoms with Crippen molar-refractivity contribution in [2.45, 2.75) is 24.4 Å². The van der Waals surface area contributed by atoms with E-state index in [-0.39, 0.29) is 31.4 Å². The SMILES string of the molecule is COc1nc(SC)nc2c1c(/C=C/C(=O)N1CCn3c(nnc3C(F)(F)F)C1)c(-c1ccccc1)n2C. The van der Waals surface area contributed by atoms with Gasteiger partial charge in [-0.1, -0.05) is 42.1 Å². The quantitative estimate of drug-likeness (QED) is 0.219. The highest BCUT2D eigenvalue weighted by atomic mass is 32.2. The van der Waals surface area contributed by atoms with Gasteiger partial charge >= 0.3 is 6.18 Å². The molecule has 4 aromatic rings. The minimum atomic E-state index is -4.60. The Morgan fingerprint density at radius 3 is 2.57 bits per heavy atom. The zero-order chi connectivity index (χ0) is 26.3. The number of halogens is 3. The van der Waals surface area contributed by atoms with E-state index in [1.165, 1.54) is 29.8 Å². The molecule has 0 spiro atoms. The smallest absolute Gasteiger partial charge is 0.451 e. The summed E-state index contributed by atoms with van der Waals surface area (Å²) in [5.41, 5.74) is 3.07. The fraction of sp³-hybridized carbons (Fsp3) is 0.292. The topological polar surface area (TPSA) is 91.0 Å². The molecule has 1 aliphatic heterocycles. The molecule has 0 N–H and O–H groups in total. The fourth-order valence-corrected chi connectivity index (χ4v) is 4.81. The summed E-state index contributed by atoms with van der Waals surface area (Å²) >= 11 is 1.39. The van der Waals surface area contributed by atoms with Crippen molar-refractivity contribution in [3.63, 3.8) is 0 Å². The number of rotatable bonds is 5. The van der Waals surface area contributed by atoms with Crippen LogP contribution in [0.3, 0.4) is 0 Å². The molecule has 3 aromatic heterocycles. The van der Waals surface area contributed by atoms with Gasteiger partial charge in [0.1, 0.15) is 5.65 Å². The summed E-state index contributed by atoms with van der Waals surface area (Å²) in [6, 6.07) is 9.66. The van der Waals surface area contributed by atoms with Crippen molar-refractivity contribution in [3.8, 4) is 17.1 Å². The van der Waals surface area contributed by atoms with Crippen molar-refractivity contribution in [1.82, 2.24) is 34.2 Å². The minimum Gasteiger partial charge on any atom is -0.480 e. The number of ether oxygens (including phenoxy) is 1. The third kappa shape index (κ3) is 4.43. The molecule has 0 saturated carbocycles. The number of methoxy groups -OCH3 is 1. The van der Waals surface area contributed by atoms with Crippen LogP contribution >= 0.6 is 11.8 Å². The van der Waals surface area contributed by atoms with Crippen LogP contribution in [-0.2, 0) is 31.1 Å². The Hall–Kier alpha value is -3.87. The van der Waals surface area contributed by atoms with Crippen LogP contribution in [0, 0.1) is 0 Å². The molecule has 5 rings (SSSR count). The highest BCUT2D eigenvalue weighted by Gasteiger charge is 2.39. The number of amides is 1. The van der Waals surface area contributed by atoms with Gasteiger partial charge in [-0.05, 0) is 17.9 Å². The lowest BCUT2D eigenvalue weighted by atomic mass is 10.1. The van der Waals surface area contributed by atoms with Gasteiger partial charge in [-0.25, -0.2) is 4.98 Å². The second kappa shape index (κ2) is 9.54. The zero-order valence-electron chi connectivity index (χ0n) is 20.2. The summed E-state index contributed by atoms with van der Waals surface area (Å²) in [5, 5.41) is 8.12. The third-order valence-electron chi connectivity index (χ3n) is 6.15. The Morgan fingerprint density at radius 1 is 1.14 bits per heavy atom. The number of hydrogen-bond acceptors (Lipinski definition) is 7. The molecular formula is C24H22F3N7O2S. The highest BCUT2D eigenvalue weighted by molar-refractivity contribution is 7.98. The maximum absolute atomic E-state index is 13.2. The summed E-state index contributed by atoms with van der Waals surface area (Å²) in [4.78, 5) is 23.7. The van der Waals surface area contributed by atoms with Crippen molar-refractivity contribution in [2.24, 2.45) is 7.05 Å². The van der Waals surface area contributed by atoms with Gasteiger partial charge in [0.15, 0.2) is 11.0 Å². The summed E-state index contributed by atoms with van der Waals surface area (Å²) < 4.78 is 48.0. The first-order valence-corrected chi connectivity index (χ1v) is 12.5. The molecule has 13 heteroatoms. The molecular weight excluding hydrogens is 507 g/mol. The van der Waals surface area contributed by atoms with Gasteiger partial charge in [0.25, 0.3) is 0 Å². The van der Waals surface area contributed by atoms with E-state index < -0.39 is 12.0 Å².